The Morgan fingerprint density at radius 3 is 2.36 bits per heavy atom. The highest BCUT2D eigenvalue weighted by Crippen LogP contribution is 2.40. The third-order valence-corrected chi connectivity index (χ3v) is 7.12. The molecule has 182 valence electrons. The van der Waals surface area contributed by atoms with Gasteiger partial charge in [0, 0.05) is 37.3 Å². The number of morpholine rings is 1. The molecule has 10 heteroatoms. The molecule has 0 aliphatic carbocycles. The fourth-order valence-corrected chi connectivity index (χ4v) is 5.40. The van der Waals surface area contributed by atoms with Gasteiger partial charge in [-0.15, -0.1) is 0 Å². The van der Waals surface area contributed by atoms with Crippen LogP contribution in [0.2, 0.25) is 0 Å². The second-order valence-corrected chi connectivity index (χ2v) is 9.31. The second kappa shape index (κ2) is 10.4. The Hall–Kier alpha value is -2.17. The van der Waals surface area contributed by atoms with Gasteiger partial charge in [-0.05, 0) is 49.7 Å². The number of hydrogen-bond acceptors (Lipinski definition) is 5. The van der Waals surface area contributed by atoms with E-state index in [1.807, 2.05) is 9.80 Å². The van der Waals surface area contributed by atoms with Crippen molar-refractivity contribution in [2.24, 2.45) is 11.7 Å². The van der Waals surface area contributed by atoms with Crippen LogP contribution in [0.25, 0.3) is 0 Å². The molecule has 3 N–H and O–H groups in total. The SMILES string of the molecule is N[C@H](Cc1cc(F)c(F)cc1F)C1C[C@H]2CC[C@H](C1)N2C(=O)CNC(=O)CN1CCOCC1. The lowest BCUT2D eigenvalue weighted by atomic mass is 9.82. The number of carbonyl (C=O) groups excluding carboxylic acids is 2. The molecule has 3 atom stereocenters. The van der Waals surface area contributed by atoms with Gasteiger partial charge in [-0.25, -0.2) is 13.2 Å². The van der Waals surface area contributed by atoms with Crippen LogP contribution in [-0.2, 0) is 20.7 Å². The number of amides is 2. The zero-order chi connectivity index (χ0) is 23.5. The summed E-state index contributed by atoms with van der Waals surface area (Å²) in [7, 11) is 0. The van der Waals surface area contributed by atoms with E-state index < -0.39 is 23.5 Å². The first-order valence-corrected chi connectivity index (χ1v) is 11.6. The highest BCUT2D eigenvalue weighted by Gasteiger charge is 2.44. The molecule has 3 aliphatic heterocycles. The Kier molecular flexibility index (Phi) is 7.55. The molecule has 0 aromatic heterocycles. The van der Waals surface area contributed by atoms with Gasteiger partial charge >= 0.3 is 0 Å². The van der Waals surface area contributed by atoms with Crippen molar-refractivity contribution in [2.75, 3.05) is 39.4 Å². The van der Waals surface area contributed by atoms with Crippen molar-refractivity contribution < 1.29 is 27.5 Å². The predicted octanol–water partition coefficient (Wildman–Crippen LogP) is 1.19. The standard InChI is InChI=1S/C23H31F3N4O3/c24-18-11-20(26)19(25)9-14(18)10-21(27)15-7-16-1-2-17(8-15)30(16)23(32)12-28-22(31)13-29-3-5-33-6-4-29/h9,11,15-17,21H,1-8,10,12-13,27H2,(H,28,31)/t16-,17-,21-/m1/s1. The van der Waals surface area contributed by atoms with Crippen molar-refractivity contribution in [3.05, 3.63) is 35.1 Å². The summed E-state index contributed by atoms with van der Waals surface area (Å²) in [5, 5.41) is 2.73. The van der Waals surface area contributed by atoms with Crippen molar-refractivity contribution in [2.45, 2.75) is 50.2 Å². The molecule has 3 aliphatic rings. The highest BCUT2D eigenvalue weighted by molar-refractivity contribution is 5.86. The van der Waals surface area contributed by atoms with Gasteiger partial charge in [-0.3, -0.25) is 14.5 Å². The smallest absolute Gasteiger partial charge is 0.242 e. The lowest BCUT2D eigenvalue weighted by Crippen LogP contribution is -2.53. The number of benzene rings is 1. The van der Waals surface area contributed by atoms with Gasteiger partial charge in [0.15, 0.2) is 11.6 Å². The zero-order valence-electron chi connectivity index (χ0n) is 18.6. The number of ether oxygens (including phenoxy) is 1. The van der Waals surface area contributed by atoms with E-state index in [4.69, 9.17) is 10.5 Å². The van der Waals surface area contributed by atoms with E-state index in [0.29, 0.717) is 45.2 Å². The molecular weight excluding hydrogens is 437 g/mol. The first-order valence-electron chi connectivity index (χ1n) is 11.6. The largest absolute Gasteiger partial charge is 0.379 e. The van der Waals surface area contributed by atoms with Crippen LogP contribution < -0.4 is 11.1 Å². The van der Waals surface area contributed by atoms with Crippen LogP contribution in [0.4, 0.5) is 13.2 Å². The van der Waals surface area contributed by atoms with Gasteiger partial charge < -0.3 is 20.7 Å². The van der Waals surface area contributed by atoms with Crippen LogP contribution in [-0.4, -0.2) is 79.1 Å². The fraction of sp³-hybridized carbons (Fsp3) is 0.652. The summed E-state index contributed by atoms with van der Waals surface area (Å²) < 4.78 is 46.0. The van der Waals surface area contributed by atoms with Crippen molar-refractivity contribution in [3.8, 4) is 0 Å². The molecule has 3 heterocycles. The van der Waals surface area contributed by atoms with Crippen LogP contribution in [0.15, 0.2) is 12.1 Å². The number of nitrogens with one attached hydrogen (secondary N) is 1. The van der Waals surface area contributed by atoms with Gasteiger partial charge in [0.05, 0.1) is 26.3 Å². The quantitative estimate of drug-likeness (QED) is 0.587. The minimum absolute atomic E-state index is 0.0262. The minimum Gasteiger partial charge on any atom is -0.379 e. The number of nitrogens with zero attached hydrogens (tertiary/aromatic N) is 2. The molecule has 0 unspecified atom stereocenters. The molecular formula is C23H31F3N4O3. The number of piperidine rings is 1. The van der Waals surface area contributed by atoms with E-state index in [0.717, 1.165) is 18.9 Å². The van der Waals surface area contributed by atoms with Gasteiger partial charge in [0.2, 0.25) is 11.8 Å². The van der Waals surface area contributed by atoms with E-state index in [2.05, 4.69) is 5.32 Å². The van der Waals surface area contributed by atoms with Crippen molar-refractivity contribution >= 4 is 11.8 Å². The van der Waals surface area contributed by atoms with Crippen molar-refractivity contribution in [1.29, 1.82) is 0 Å². The number of hydrogen-bond donors (Lipinski definition) is 2. The Morgan fingerprint density at radius 1 is 1.06 bits per heavy atom. The molecule has 2 bridgehead atoms. The molecule has 4 rings (SSSR count). The molecule has 2 amide bonds. The summed E-state index contributed by atoms with van der Waals surface area (Å²) in [5.74, 6) is -3.33. The van der Waals surface area contributed by atoms with Crippen LogP contribution in [0.3, 0.4) is 0 Å². The molecule has 1 aromatic rings. The second-order valence-electron chi connectivity index (χ2n) is 9.31. The normalized spacial score (nSPS) is 26.3. The summed E-state index contributed by atoms with van der Waals surface area (Å²) in [5.41, 5.74) is 6.41. The van der Waals surface area contributed by atoms with Crippen LogP contribution in [0, 0.1) is 23.4 Å². The van der Waals surface area contributed by atoms with Gasteiger partial charge in [0.1, 0.15) is 5.82 Å². The summed E-state index contributed by atoms with van der Waals surface area (Å²) in [4.78, 5) is 28.9. The molecule has 1 aromatic carbocycles. The molecule has 7 nitrogen and oxygen atoms in total. The first-order chi connectivity index (χ1) is 15.8. The number of nitrogens with two attached hydrogens (primary N) is 1. The minimum atomic E-state index is -1.22. The van der Waals surface area contributed by atoms with Crippen LogP contribution in [0.5, 0.6) is 0 Å². The Labute approximate surface area is 191 Å². The topological polar surface area (TPSA) is 87.9 Å². The van der Waals surface area contributed by atoms with Crippen molar-refractivity contribution in [1.82, 2.24) is 15.1 Å². The lowest BCUT2D eigenvalue weighted by molar-refractivity contribution is -0.137. The molecule has 0 saturated carbocycles. The summed E-state index contributed by atoms with van der Waals surface area (Å²) >= 11 is 0. The van der Waals surface area contributed by atoms with E-state index in [9.17, 15) is 22.8 Å². The number of halogens is 3. The van der Waals surface area contributed by atoms with E-state index in [-0.39, 0.29) is 54.9 Å². The number of carbonyl (C=O) groups is 2. The first kappa shape index (κ1) is 24.0. The fourth-order valence-electron chi connectivity index (χ4n) is 5.40. The van der Waals surface area contributed by atoms with E-state index in [1.54, 1.807) is 0 Å². The van der Waals surface area contributed by atoms with Gasteiger partial charge in [0.25, 0.3) is 0 Å². The summed E-state index contributed by atoms with van der Waals surface area (Å²) in [6.07, 6.45) is 3.19. The highest BCUT2D eigenvalue weighted by atomic mass is 19.2. The molecule has 0 spiro atoms. The Bertz CT molecular complexity index is 867. The van der Waals surface area contributed by atoms with Crippen LogP contribution >= 0.6 is 0 Å². The average molecular weight is 469 g/mol. The zero-order valence-corrected chi connectivity index (χ0v) is 18.6. The maximum Gasteiger partial charge on any atom is 0.242 e. The van der Waals surface area contributed by atoms with Gasteiger partial charge in [-0.2, -0.15) is 0 Å². The molecule has 33 heavy (non-hydrogen) atoms. The predicted molar refractivity (Wildman–Crippen MR) is 115 cm³/mol. The maximum atomic E-state index is 14.0. The monoisotopic (exact) mass is 468 g/mol. The number of fused-ring (bicyclic) bond motifs is 2. The average Bonchev–Trinajstić information content (AvgIpc) is 3.05. The molecule has 3 saturated heterocycles. The Morgan fingerprint density at radius 2 is 1.70 bits per heavy atom. The van der Waals surface area contributed by atoms with Gasteiger partial charge in [-0.1, -0.05) is 0 Å². The van der Waals surface area contributed by atoms with Crippen LogP contribution in [0.1, 0.15) is 31.2 Å². The lowest BCUT2D eigenvalue weighted by Gasteiger charge is -2.41. The Balaban J connectivity index is 1.28. The number of rotatable bonds is 7. The molecule has 0 radical (unpaired) electrons. The van der Waals surface area contributed by atoms with E-state index >= 15 is 0 Å². The third-order valence-electron chi connectivity index (χ3n) is 7.12. The third kappa shape index (κ3) is 5.67. The maximum absolute atomic E-state index is 14.0. The van der Waals surface area contributed by atoms with E-state index in [1.165, 1.54) is 0 Å². The van der Waals surface area contributed by atoms with Crippen molar-refractivity contribution in [3.63, 3.8) is 0 Å². The summed E-state index contributed by atoms with van der Waals surface area (Å²) in [6, 6.07) is 1.06. The molecule has 3 fully saturated rings. The summed E-state index contributed by atoms with van der Waals surface area (Å²) in [6.45, 7) is 2.83.